The summed E-state index contributed by atoms with van der Waals surface area (Å²) in [5.74, 6) is 0.613. The Morgan fingerprint density at radius 3 is 2.50 bits per heavy atom. The summed E-state index contributed by atoms with van der Waals surface area (Å²) in [5.41, 5.74) is 5.31. The lowest BCUT2D eigenvalue weighted by Gasteiger charge is -2.13. The molecule has 5 nitrogen and oxygen atoms in total. The van der Waals surface area contributed by atoms with Gasteiger partial charge in [-0.3, -0.25) is 0 Å². The van der Waals surface area contributed by atoms with E-state index in [2.05, 4.69) is 10.4 Å². The maximum atomic E-state index is 13.2. The highest BCUT2D eigenvalue weighted by Gasteiger charge is 2.18. The zero-order chi connectivity index (χ0) is 17.3. The predicted molar refractivity (Wildman–Crippen MR) is 92.8 cm³/mol. The molecule has 0 aliphatic carbocycles. The number of hydrogen-bond acceptors (Lipinski definition) is 4. The topological polar surface area (TPSA) is 62.5 Å². The monoisotopic (exact) mass is 328 g/mol. The molecule has 2 aromatic heterocycles. The van der Waals surface area contributed by atoms with Crippen LogP contribution < -0.4 is 5.32 Å². The highest BCUT2D eigenvalue weighted by molar-refractivity contribution is 5.81. The van der Waals surface area contributed by atoms with E-state index in [4.69, 9.17) is 10.1 Å². The van der Waals surface area contributed by atoms with Crippen molar-refractivity contribution in [1.29, 1.82) is 0 Å². The van der Waals surface area contributed by atoms with Gasteiger partial charge in [-0.1, -0.05) is 12.1 Å². The van der Waals surface area contributed by atoms with Crippen LogP contribution in [0.25, 0.3) is 16.8 Å². The van der Waals surface area contributed by atoms with Crippen molar-refractivity contribution in [2.75, 3.05) is 18.5 Å². The fourth-order valence-corrected chi connectivity index (χ4v) is 2.79. The van der Waals surface area contributed by atoms with Gasteiger partial charge in [-0.05, 0) is 44.9 Å². The van der Waals surface area contributed by atoms with E-state index in [0.29, 0.717) is 13.0 Å². The van der Waals surface area contributed by atoms with Crippen molar-refractivity contribution in [1.82, 2.24) is 14.6 Å². The van der Waals surface area contributed by atoms with Gasteiger partial charge in [0.2, 0.25) is 0 Å². The lowest BCUT2D eigenvalue weighted by molar-refractivity contribution is 0.292. The second kappa shape index (κ2) is 6.57. The van der Waals surface area contributed by atoms with Gasteiger partial charge in [-0.25, -0.2) is 9.37 Å². The minimum atomic E-state index is -0.265. The molecule has 0 radical (unpaired) electrons. The van der Waals surface area contributed by atoms with Crippen molar-refractivity contribution < 1.29 is 9.50 Å². The second-order valence-electron chi connectivity index (χ2n) is 5.88. The summed E-state index contributed by atoms with van der Waals surface area (Å²) in [4.78, 5) is 4.70. The smallest absolute Gasteiger partial charge is 0.165 e. The minimum absolute atomic E-state index is 0.137. The summed E-state index contributed by atoms with van der Waals surface area (Å²) >= 11 is 0. The van der Waals surface area contributed by atoms with Gasteiger partial charge >= 0.3 is 0 Å². The third kappa shape index (κ3) is 2.85. The lowest BCUT2D eigenvalue weighted by atomic mass is 10.1. The van der Waals surface area contributed by atoms with Crippen molar-refractivity contribution in [3.63, 3.8) is 0 Å². The predicted octanol–water partition coefficient (Wildman–Crippen LogP) is 3.25. The SMILES string of the molecule is Cc1nc2c(-c3ccc(F)cc3)c(C)nn2c(NCCCO)c1C. The molecule has 0 amide bonds. The fourth-order valence-electron chi connectivity index (χ4n) is 2.79. The molecule has 24 heavy (non-hydrogen) atoms. The quantitative estimate of drug-likeness (QED) is 0.706. The Morgan fingerprint density at radius 1 is 1.12 bits per heavy atom. The van der Waals surface area contributed by atoms with Gasteiger partial charge in [0.1, 0.15) is 11.6 Å². The van der Waals surface area contributed by atoms with Crippen LogP contribution >= 0.6 is 0 Å². The molecule has 126 valence electrons. The Labute approximate surface area is 140 Å². The van der Waals surface area contributed by atoms with E-state index in [1.165, 1.54) is 12.1 Å². The summed E-state index contributed by atoms with van der Waals surface area (Å²) in [5, 5.41) is 17.0. The number of aromatic nitrogens is 3. The van der Waals surface area contributed by atoms with E-state index in [1.54, 1.807) is 16.6 Å². The van der Waals surface area contributed by atoms with E-state index >= 15 is 0 Å². The standard InChI is InChI=1S/C18H21FN4O/c1-11-12(2)21-18-16(14-5-7-15(19)8-6-14)13(3)22-23(18)17(11)20-9-4-10-24/h5-8,20,24H,4,9-10H2,1-3H3. The molecular weight excluding hydrogens is 307 g/mol. The number of nitrogens with one attached hydrogen (secondary N) is 1. The molecule has 3 aromatic rings. The van der Waals surface area contributed by atoms with Crippen LogP contribution in [-0.4, -0.2) is 32.9 Å². The van der Waals surface area contributed by atoms with Gasteiger partial charge in [-0.2, -0.15) is 9.61 Å². The van der Waals surface area contributed by atoms with Crippen molar-refractivity contribution in [2.45, 2.75) is 27.2 Å². The first-order valence-electron chi connectivity index (χ1n) is 8.00. The normalized spacial score (nSPS) is 11.2. The molecule has 0 spiro atoms. The first-order valence-corrected chi connectivity index (χ1v) is 8.00. The molecule has 0 saturated carbocycles. The second-order valence-corrected chi connectivity index (χ2v) is 5.88. The number of anilines is 1. The average molecular weight is 328 g/mol. The molecule has 0 bridgehead atoms. The third-order valence-electron chi connectivity index (χ3n) is 4.18. The highest BCUT2D eigenvalue weighted by Crippen LogP contribution is 2.30. The highest BCUT2D eigenvalue weighted by atomic mass is 19.1. The number of hydrogen-bond donors (Lipinski definition) is 2. The Bertz CT molecular complexity index is 871. The van der Waals surface area contributed by atoms with E-state index in [9.17, 15) is 4.39 Å². The number of aryl methyl sites for hydroxylation is 2. The maximum absolute atomic E-state index is 13.2. The summed E-state index contributed by atoms with van der Waals surface area (Å²) in [6, 6.07) is 6.38. The first kappa shape index (κ1) is 16.4. The molecule has 0 aliphatic heterocycles. The van der Waals surface area contributed by atoms with Gasteiger partial charge < -0.3 is 10.4 Å². The minimum Gasteiger partial charge on any atom is -0.396 e. The van der Waals surface area contributed by atoms with Crippen LogP contribution in [0, 0.1) is 26.6 Å². The van der Waals surface area contributed by atoms with Gasteiger partial charge in [-0.15, -0.1) is 0 Å². The van der Waals surface area contributed by atoms with E-state index in [1.807, 2.05) is 20.8 Å². The van der Waals surface area contributed by atoms with Gasteiger partial charge in [0.25, 0.3) is 0 Å². The molecule has 0 saturated heterocycles. The third-order valence-corrected chi connectivity index (χ3v) is 4.18. The van der Waals surface area contributed by atoms with Crippen LogP contribution in [0.4, 0.5) is 10.2 Å². The molecule has 2 heterocycles. The van der Waals surface area contributed by atoms with Gasteiger partial charge in [0.05, 0.1) is 5.69 Å². The average Bonchev–Trinajstić information content (AvgIpc) is 2.88. The summed E-state index contributed by atoms with van der Waals surface area (Å²) in [6.45, 7) is 6.68. The fraction of sp³-hybridized carbons (Fsp3) is 0.333. The zero-order valence-electron chi connectivity index (χ0n) is 14.1. The van der Waals surface area contributed by atoms with Gasteiger partial charge in [0, 0.05) is 30.0 Å². The Balaban J connectivity index is 2.18. The lowest BCUT2D eigenvalue weighted by Crippen LogP contribution is -2.11. The molecule has 0 atom stereocenters. The van der Waals surface area contributed by atoms with Crippen molar-refractivity contribution in [3.05, 3.63) is 47.0 Å². The Morgan fingerprint density at radius 2 is 1.83 bits per heavy atom. The van der Waals surface area contributed by atoms with Crippen LogP contribution in [0.3, 0.4) is 0 Å². The summed E-state index contributed by atoms with van der Waals surface area (Å²) in [7, 11) is 0. The molecule has 1 aromatic carbocycles. The maximum Gasteiger partial charge on any atom is 0.165 e. The van der Waals surface area contributed by atoms with Crippen LogP contribution in [0.2, 0.25) is 0 Å². The van der Waals surface area contributed by atoms with E-state index in [-0.39, 0.29) is 12.4 Å². The molecule has 0 unspecified atom stereocenters. The number of nitrogens with zero attached hydrogens (tertiary/aromatic N) is 3. The summed E-state index contributed by atoms with van der Waals surface area (Å²) in [6.07, 6.45) is 0.660. The largest absolute Gasteiger partial charge is 0.396 e. The Hall–Kier alpha value is -2.47. The molecule has 2 N–H and O–H groups in total. The van der Waals surface area contributed by atoms with E-state index in [0.717, 1.165) is 39.5 Å². The number of aliphatic hydroxyl groups excluding tert-OH is 1. The van der Waals surface area contributed by atoms with Crippen LogP contribution in [0.1, 0.15) is 23.4 Å². The molecule has 0 aliphatic rings. The first-order chi connectivity index (χ1) is 11.5. The molecule has 0 fully saturated rings. The molecule has 6 heteroatoms. The van der Waals surface area contributed by atoms with Crippen molar-refractivity contribution in [2.24, 2.45) is 0 Å². The number of rotatable bonds is 5. The Kier molecular flexibility index (Phi) is 4.49. The van der Waals surface area contributed by atoms with Crippen LogP contribution in [0.15, 0.2) is 24.3 Å². The van der Waals surface area contributed by atoms with E-state index < -0.39 is 0 Å². The number of aliphatic hydroxyl groups is 1. The van der Waals surface area contributed by atoms with Crippen molar-refractivity contribution >= 4 is 11.5 Å². The van der Waals surface area contributed by atoms with Gasteiger partial charge in [0.15, 0.2) is 5.65 Å². The zero-order valence-corrected chi connectivity index (χ0v) is 14.1. The van der Waals surface area contributed by atoms with Crippen molar-refractivity contribution in [3.8, 4) is 11.1 Å². The van der Waals surface area contributed by atoms with Crippen LogP contribution in [-0.2, 0) is 0 Å². The number of fused-ring (bicyclic) bond motifs is 1. The van der Waals surface area contributed by atoms with Crippen LogP contribution in [0.5, 0.6) is 0 Å². The summed E-state index contributed by atoms with van der Waals surface area (Å²) < 4.78 is 15.0. The molecule has 3 rings (SSSR count). The number of benzene rings is 1. The molecular formula is C18H21FN4O. The number of halogens is 1.